The van der Waals surface area contributed by atoms with Crippen molar-refractivity contribution in [1.29, 1.82) is 5.26 Å². The molecule has 3 nitrogen and oxygen atoms in total. The number of hydrogen-bond donors (Lipinski definition) is 1. The summed E-state index contributed by atoms with van der Waals surface area (Å²) in [7, 11) is 0. The molecule has 2 N–H and O–H groups in total. The molecule has 2 rings (SSSR count). The standard InChI is InChI=1S/C13H7F3N2O/c14-13(15,16)10-6-11(8-4-2-1-3-5-8)18-12(19)9(10)7-17/h1-6H,(H,18,19)/p+1. The van der Waals surface area contributed by atoms with Gasteiger partial charge in [0.15, 0.2) is 5.57 Å². The second-order valence-electron chi connectivity index (χ2n) is 3.87. The van der Waals surface area contributed by atoms with E-state index in [1.165, 1.54) is 6.07 Å². The maximum absolute atomic E-state index is 12.8. The van der Waals surface area contributed by atoms with Crippen molar-refractivity contribution >= 4 is 11.6 Å². The van der Waals surface area contributed by atoms with Gasteiger partial charge < -0.3 is 0 Å². The van der Waals surface area contributed by atoms with Crippen LogP contribution >= 0.6 is 0 Å². The first-order valence-corrected chi connectivity index (χ1v) is 5.31. The Morgan fingerprint density at radius 3 is 2.32 bits per heavy atom. The number of nitriles is 1. The molecule has 1 amide bonds. The minimum absolute atomic E-state index is 0.150. The number of quaternary nitrogens is 1. The molecule has 1 aliphatic rings. The lowest BCUT2D eigenvalue weighted by Gasteiger charge is -2.15. The van der Waals surface area contributed by atoms with E-state index >= 15 is 0 Å². The summed E-state index contributed by atoms with van der Waals surface area (Å²) >= 11 is 0. The van der Waals surface area contributed by atoms with E-state index in [9.17, 15) is 18.0 Å². The van der Waals surface area contributed by atoms with Gasteiger partial charge in [-0.05, 0) is 12.1 Å². The van der Waals surface area contributed by atoms with Crippen molar-refractivity contribution in [2.75, 3.05) is 0 Å². The number of carbonyl (C=O) groups excluding carboxylic acids is 1. The number of allylic oxidation sites excluding steroid dienone is 2. The Balaban J connectivity index is 2.57. The number of primary amides is 1. The summed E-state index contributed by atoms with van der Waals surface area (Å²) in [5, 5.41) is 9.72. The zero-order valence-electron chi connectivity index (χ0n) is 9.53. The molecule has 0 unspecified atom stereocenters. The summed E-state index contributed by atoms with van der Waals surface area (Å²) in [6, 6.07) is 9.55. The van der Waals surface area contributed by atoms with Crippen LogP contribution in [0.25, 0.3) is 5.70 Å². The van der Waals surface area contributed by atoms with Crippen LogP contribution in [-0.2, 0) is 4.79 Å². The van der Waals surface area contributed by atoms with Crippen LogP contribution in [0.4, 0.5) is 13.2 Å². The summed E-state index contributed by atoms with van der Waals surface area (Å²) in [6.45, 7) is 0. The van der Waals surface area contributed by atoms with Gasteiger partial charge in [0, 0.05) is 11.6 Å². The second-order valence-corrected chi connectivity index (χ2v) is 3.87. The van der Waals surface area contributed by atoms with Crippen molar-refractivity contribution in [2.45, 2.75) is 6.18 Å². The number of amides is 1. The van der Waals surface area contributed by atoms with Crippen molar-refractivity contribution in [1.82, 2.24) is 0 Å². The summed E-state index contributed by atoms with van der Waals surface area (Å²) in [6.07, 6.45) is -3.90. The minimum atomic E-state index is -4.73. The molecular formula is C13H8F3N2O+. The third kappa shape index (κ3) is 2.56. The molecule has 0 radical (unpaired) electrons. The average Bonchev–Trinajstić information content (AvgIpc) is 2.37. The van der Waals surface area contributed by atoms with E-state index in [2.05, 4.69) is 0 Å². The second kappa shape index (κ2) is 4.71. The molecule has 0 aromatic heterocycles. The molecule has 1 aromatic carbocycles. The number of alkyl halides is 3. The van der Waals surface area contributed by atoms with Crippen LogP contribution in [0.2, 0.25) is 0 Å². The zero-order chi connectivity index (χ0) is 14.0. The highest BCUT2D eigenvalue weighted by atomic mass is 19.4. The lowest BCUT2D eigenvalue weighted by Crippen LogP contribution is -2.86. The molecule has 0 fully saturated rings. The molecule has 1 aliphatic heterocycles. The summed E-state index contributed by atoms with van der Waals surface area (Å²) in [4.78, 5) is 11.6. The first-order valence-electron chi connectivity index (χ1n) is 5.31. The minimum Gasteiger partial charge on any atom is -0.245 e. The quantitative estimate of drug-likeness (QED) is 0.836. The Hall–Kier alpha value is -2.39. The van der Waals surface area contributed by atoms with Gasteiger partial charge in [-0.3, -0.25) is 0 Å². The Morgan fingerprint density at radius 2 is 1.79 bits per heavy atom. The van der Waals surface area contributed by atoms with Crippen LogP contribution in [0.1, 0.15) is 5.56 Å². The Kier molecular flexibility index (Phi) is 3.23. The molecule has 1 heterocycles. The monoisotopic (exact) mass is 265 g/mol. The van der Waals surface area contributed by atoms with Gasteiger partial charge in [-0.25, -0.2) is 10.1 Å². The first-order chi connectivity index (χ1) is 8.93. The maximum Gasteiger partial charge on any atom is 0.418 e. The molecule has 96 valence electrons. The molecule has 0 spiro atoms. The molecule has 1 aromatic rings. The topological polar surface area (TPSA) is 57.5 Å². The Morgan fingerprint density at radius 1 is 1.16 bits per heavy atom. The SMILES string of the molecule is N#CC1=C(C(F)(F)F)C=C(c2ccccc2)[NH2+]C1=O. The van der Waals surface area contributed by atoms with Crippen molar-refractivity contribution in [2.24, 2.45) is 0 Å². The van der Waals surface area contributed by atoms with Crippen LogP contribution in [0.3, 0.4) is 0 Å². The third-order valence-electron chi connectivity index (χ3n) is 2.63. The summed E-state index contributed by atoms with van der Waals surface area (Å²) in [5.41, 5.74) is -1.42. The molecular weight excluding hydrogens is 257 g/mol. The third-order valence-corrected chi connectivity index (χ3v) is 2.63. The number of carbonyl (C=O) groups is 1. The number of hydrogen-bond acceptors (Lipinski definition) is 2. The van der Waals surface area contributed by atoms with Gasteiger partial charge in [0.1, 0.15) is 11.8 Å². The predicted molar refractivity (Wildman–Crippen MR) is 60.0 cm³/mol. The summed E-state index contributed by atoms with van der Waals surface area (Å²) < 4.78 is 38.5. The van der Waals surface area contributed by atoms with Crippen LogP contribution in [0.5, 0.6) is 0 Å². The van der Waals surface area contributed by atoms with Gasteiger partial charge >= 0.3 is 12.1 Å². The highest BCUT2D eigenvalue weighted by Gasteiger charge is 2.41. The van der Waals surface area contributed by atoms with E-state index < -0.39 is 23.2 Å². The normalized spacial score (nSPS) is 16.1. The van der Waals surface area contributed by atoms with Gasteiger partial charge in [-0.15, -0.1) is 0 Å². The molecule has 19 heavy (non-hydrogen) atoms. The number of halogens is 3. The van der Waals surface area contributed by atoms with Gasteiger partial charge in [0.25, 0.3) is 0 Å². The summed E-state index contributed by atoms with van der Waals surface area (Å²) in [5.74, 6) is -0.920. The van der Waals surface area contributed by atoms with Crippen molar-refractivity contribution in [3.05, 3.63) is 53.1 Å². The fourth-order valence-electron chi connectivity index (χ4n) is 1.75. The van der Waals surface area contributed by atoms with E-state index in [0.717, 1.165) is 11.4 Å². The predicted octanol–water partition coefficient (Wildman–Crippen LogP) is 1.51. The average molecular weight is 265 g/mol. The molecule has 0 saturated carbocycles. The van der Waals surface area contributed by atoms with Crippen LogP contribution in [-0.4, -0.2) is 12.1 Å². The van der Waals surface area contributed by atoms with Gasteiger partial charge in [0.2, 0.25) is 0 Å². The smallest absolute Gasteiger partial charge is 0.245 e. The number of rotatable bonds is 1. The molecule has 6 heteroatoms. The van der Waals surface area contributed by atoms with Gasteiger partial charge in [-0.2, -0.15) is 18.4 Å². The van der Waals surface area contributed by atoms with Crippen molar-refractivity contribution < 1.29 is 23.3 Å². The van der Waals surface area contributed by atoms with Gasteiger partial charge in [0.05, 0.1) is 5.57 Å². The largest absolute Gasteiger partial charge is 0.418 e. The number of nitrogens with zero attached hydrogens (tertiary/aromatic N) is 1. The maximum atomic E-state index is 12.8. The van der Waals surface area contributed by atoms with E-state index in [1.807, 2.05) is 0 Å². The number of nitrogens with two attached hydrogens (primary N) is 1. The van der Waals surface area contributed by atoms with Crippen molar-refractivity contribution in [3.63, 3.8) is 0 Å². The van der Waals surface area contributed by atoms with Crippen LogP contribution < -0.4 is 5.32 Å². The molecule has 0 bridgehead atoms. The first kappa shape index (κ1) is 13.1. The fourth-order valence-corrected chi connectivity index (χ4v) is 1.75. The van der Waals surface area contributed by atoms with Crippen molar-refractivity contribution in [3.8, 4) is 6.07 Å². The van der Waals surface area contributed by atoms with E-state index in [-0.39, 0.29) is 5.70 Å². The molecule has 0 atom stereocenters. The highest BCUT2D eigenvalue weighted by molar-refractivity contribution is 5.96. The van der Waals surface area contributed by atoms with E-state index in [1.54, 1.807) is 30.3 Å². The van der Waals surface area contributed by atoms with E-state index in [4.69, 9.17) is 5.26 Å². The molecule has 0 aliphatic carbocycles. The lowest BCUT2D eigenvalue weighted by molar-refractivity contribution is -0.471. The van der Waals surface area contributed by atoms with Gasteiger partial charge in [-0.1, -0.05) is 18.2 Å². The van der Waals surface area contributed by atoms with Crippen LogP contribution in [0.15, 0.2) is 47.6 Å². The number of benzene rings is 1. The highest BCUT2D eigenvalue weighted by Crippen LogP contribution is 2.31. The lowest BCUT2D eigenvalue weighted by atomic mass is 10.00. The van der Waals surface area contributed by atoms with Crippen LogP contribution in [0, 0.1) is 11.3 Å². The fraction of sp³-hybridized carbons (Fsp3) is 0.0769. The molecule has 0 saturated heterocycles. The van der Waals surface area contributed by atoms with E-state index in [0.29, 0.717) is 5.56 Å². The Bertz CT molecular complexity index is 622. The Labute approximate surface area is 106 Å². The zero-order valence-corrected chi connectivity index (χ0v) is 9.53.